The molecule has 1 saturated heterocycles. The zero-order valence-corrected chi connectivity index (χ0v) is 12.2. The number of hydrogen-bond donors (Lipinski definition) is 2. The minimum absolute atomic E-state index is 0.142. The van der Waals surface area contributed by atoms with E-state index in [1.54, 1.807) is 0 Å². The van der Waals surface area contributed by atoms with Gasteiger partial charge in [0.25, 0.3) is 0 Å². The second kappa shape index (κ2) is 5.99. The molecule has 1 atom stereocenters. The molecule has 5 nitrogen and oxygen atoms in total. The molecule has 1 unspecified atom stereocenters. The summed E-state index contributed by atoms with van der Waals surface area (Å²) >= 11 is 0. The Labute approximate surface area is 124 Å². The van der Waals surface area contributed by atoms with E-state index in [9.17, 15) is 4.79 Å². The van der Waals surface area contributed by atoms with Crippen LogP contribution in [0.4, 0.5) is 5.69 Å². The number of nitrogens with one attached hydrogen (secondary N) is 2. The van der Waals surface area contributed by atoms with Crippen molar-refractivity contribution in [1.82, 2.24) is 15.1 Å². The zero-order chi connectivity index (χ0) is 14.7. The first-order valence-electron chi connectivity index (χ1n) is 7.37. The van der Waals surface area contributed by atoms with Crippen molar-refractivity contribution in [3.8, 4) is 0 Å². The van der Waals surface area contributed by atoms with Gasteiger partial charge in [-0.05, 0) is 30.7 Å². The Morgan fingerprint density at radius 3 is 3.05 bits per heavy atom. The van der Waals surface area contributed by atoms with E-state index in [-0.39, 0.29) is 5.91 Å². The van der Waals surface area contributed by atoms with Gasteiger partial charge in [-0.3, -0.25) is 9.48 Å². The molecule has 2 heterocycles. The second-order valence-electron chi connectivity index (χ2n) is 5.35. The number of rotatable bonds is 5. The highest BCUT2D eigenvalue weighted by molar-refractivity contribution is 5.79. The summed E-state index contributed by atoms with van der Waals surface area (Å²) in [7, 11) is 0. The van der Waals surface area contributed by atoms with E-state index >= 15 is 0 Å². The highest BCUT2D eigenvalue weighted by Crippen LogP contribution is 2.25. The predicted molar refractivity (Wildman–Crippen MR) is 82.0 cm³/mol. The van der Waals surface area contributed by atoms with Gasteiger partial charge >= 0.3 is 0 Å². The Bertz CT molecular complexity index is 635. The normalized spacial score (nSPS) is 17.8. The number of nitrogens with zero attached hydrogens (tertiary/aromatic N) is 2. The first-order valence-corrected chi connectivity index (χ1v) is 7.37. The van der Waals surface area contributed by atoms with Crippen LogP contribution in [0.1, 0.15) is 30.5 Å². The van der Waals surface area contributed by atoms with Crippen molar-refractivity contribution in [2.24, 2.45) is 0 Å². The van der Waals surface area contributed by atoms with E-state index in [1.165, 1.54) is 5.56 Å². The summed E-state index contributed by atoms with van der Waals surface area (Å²) in [5, 5.41) is 10.7. The van der Waals surface area contributed by atoms with Gasteiger partial charge in [0, 0.05) is 37.3 Å². The quantitative estimate of drug-likeness (QED) is 0.884. The SMILES string of the molecule is CCn1ccc(CNc2cccc(C3CNC(=O)C3)c2)n1. The topological polar surface area (TPSA) is 59.0 Å². The van der Waals surface area contributed by atoms with Gasteiger partial charge in [0.2, 0.25) is 5.91 Å². The molecule has 0 spiro atoms. The molecule has 110 valence electrons. The molecule has 0 bridgehead atoms. The number of carbonyl (C=O) groups is 1. The van der Waals surface area contributed by atoms with E-state index in [1.807, 2.05) is 29.1 Å². The largest absolute Gasteiger partial charge is 0.379 e. The summed E-state index contributed by atoms with van der Waals surface area (Å²) < 4.78 is 1.92. The summed E-state index contributed by atoms with van der Waals surface area (Å²) in [6.07, 6.45) is 2.58. The van der Waals surface area contributed by atoms with Gasteiger partial charge in [0.05, 0.1) is 12.2 Å². The summed E-state index contributed by atoms with van der Waals surface area (Å²) in [6.45, 7) is 4.41. The van der Waals surface area contributed by atoms with Crippen molar-refractivity contribution in [3.63, 3.8) is 0 Å². The van der Waals surface area contributed by atoms with Crippen molar-refractivity contribution < 1.29 is 4.79 Å². The summed E-state index contributed by atoms with van der Waals surface area (Å²) in [5.41, 5.74) is 3.30. The van der Waals surface area contributed by atoms with E-state index < -0.39 is 0 Å². The summed E-state index contributed by atoms with van der Waals surface area (Å²) in [4.78, 5) is 11.3. The smallest absolute Gasteiger partial charge is 0.220 e. The minimum Gasteiger partial charge on any atom is -0.379 e. The van der Waals surface area contributed by atoms with Crippen molar-refractivity contribution in [2.75, 3.05) is 11.9 Å². The molecular formula is C16H20N4O. The van der Waals surface area contributed by atoms with Crippen LogP contribution in [0.15, 0.2) is 36.5 Å². The van der Waals surface area contributed by atoms with Crippen LogP contribution in [0, 0.1) is 0 Å². The van der Waals surface area contributed by atoms with Gasteiger partial charge in [-0.25, -0.2) is 0 Å². The zero-order valence-electron chi connectivity index (χ0n) is 12.2. The van der Waals surface area contributed by atoms with E-state index in [0.717, 1.165) is 24.5 Å². The molecule has 0 radical (unpaired) electrons. The van der Waals surface area contributed by atoms with Gasteiger partial charge in [0.1, 0.15) is 0 Å². The van der Waals surface area contributed by atoms with Crippen LogP contribution in [-0.2, 0) is 17.9 Å². The number of benzene rings is 1. The minimum atomic E-state index is 0.142. The molecule has 1 amide bonds. The lowest BCUT2D eigenvalue weighted by molar-refractivity contribution is -0.119. The Morgan fingerprint density at radius 1 is 1.43 bits per heavy atom. The first-order chi connectivity index (χ1) is 10.2. The number of anilines is 1. The standard InChI is InChI=1S/C16H20N4O/c1-2-20-7-6-15(19-20)11-17-14-5-3-4-12(8-14)13-9-16(21)18-10-13/h3-8,13,17H,2,9-11H2,1H3,(H,18,21). The lowest BCUT2D eigenvalue weighted by Gasteiger charge is -2.11. The molecule has 1 aliphatic rings. The van der Waals surface area contributed by atoms with E-state index in [4.69, 9.17) is 0 Å². The Balaban J connectivity index is 1.64. The summed E-state index contributed by atoms with van der Waals surface area (Å²) in [5.74, 6) is 0.432. The molecule has 2 N–H and O–H groups in total. The number of aromatic nitrogens is 2. The number of amides is 1. The lowest BCUT2D eigenvalue weighted by atomic mass is 9.98. The average molecular weight is 284 g/mol. The van der Waals surface area contributed by atoms with Crippen LogP contribution in [0.2, 0.25) is 0 Å². The molecule has 1 aromatic heterocycles. The van der Waals surface area contributed by atoms with Crippen molar-refractivity contribution in [3.05, 3.63) is 47.8 Å². The van der Waals surface area contributed by atoms with Crippen LogP contribution in [-0.4, -0.2) is 22.2 Å². The number of hydrogen-bond acceptors (Lipinski definition) is 3. The number of carbonyl (C=O) groups excluding carboxylic acids is 1. The maximum absolute atomic E-state index is 11.3. The average Bonchev–Trinajstić information content (AvgIpc) is 3.14. The third-order valence-corrected chi connectivity index (χ3v) is 3.83. The third-order valence-electron chi connectivity index (χ3n) is 3.83. The monoisotopic (exact) mass is 284 g/mol. The third kappa shape index (κ3) is 3.24. The van der Waals surface area contributed by atoms with E-state index in [2.05, 4.69) is 34.8 Å². The highest BCUT2D eigenvalue weighted by atomic mass is 16.1. The Kier molecular flexibility index (Phi) is 3.90. The van der Waals surface area contributed by atoms with E-state index in [0.29, 0.717) is 18.9 Å². The second-order valence-corrected chi connectivity index (χ2v) is 5.35. The molecule has 1 aromatic carbocycles. The molecule has 0 aliphatic carbocycles. The van der Waals surface area contributed by atoms with Gasteiger partial charge in [-0.2, -0.15) is 5.10 Å². The molecule has 3 rings (SSSR count). The van der Waals surface area contributed by atoms with Crippen LogP contribution in [0.25, 0.3) is 0 Å². The first kappa shape index (κ1) is 13.7. The van der Waals surface area contributed by atoms with Crippen LogP contribution in [0.5, 0.6) is 0 Å². The summed E-state index contributed by atoms with van der Waals surface area (Å²) in [6, 6.07) is 10.3. The Hall–Kier alpha value is -2.30. The molecule has 2 aromatic rings. The molecule has 21 heavy (non-hydrogen) atoms. The highest BCUT2D eigenvalue weighted by Gasteiger charge is 2.22. The lowest BCUT2D eigenvalue weighted by Crippen LogP contribution is -2.13. The molecule has 1 aliphatic heterocycles. The fourth-order valence-corrected chi connectivity index (χ4v) is 2.61. The maximum Gasteiger partial charge on any atom is 0.220 e. The van der Waals surface area contributed by atoms with Crippen LogP contribution < -0.4 is 10.6 Å². The predicted octanol–water partition coefficient (Wildman–Crippen LogP) is 2.12. The fourth-order valence-electron chi connectivity index (χ4n) is 2.61. The van der Waals surface area contributed by atoms with Gasteiger partial charge in [0.15, 0.2) is 0 Å². The molecule has 0 saturated carbocycles. The molecule has 1 fully saturated rings. The fraction of sp³-hybridized carbons (Fsp3) is 0.375. The van der Waals surface area contributed by atoms with Gasteiger partial charge in [-0.1, -0.05) is 12.1 Å². The Morgan fingerprint density at radius 2 is 2.33 bits per heavy atom. The van der Waals surface area contributed by atoms with Crippen molar-refractivity contribution in [1.29, 1.82) is 0 Å². The molecular weight excluding hydrogens is 264 g/mol. The van der Waals surface area contributed by atoms with Crippen LogP contribution in [0.3, 0.4) is 0 Å². The van der Waals surface area contributed by atoms with Crippen molar-refractivity contribution in [2.45, 2.75) is 32.4 Å². The molecule has 5 heteroatoms. The van der Waals surface area contributed by atoms with Gasteiger partial charge < -0.3 is 10.6 Å². The van der Waals surface area contributed by atoms with Crippen LogP contribution >= 0.6 is 0 Å². The maximum atomic E-state index is 11.3. The van der Waals surface area contributed by atoms with Crippen molar-refractivity contribution >= 4 is 11.6 Å². The van der Waals surface area contributed by atoms with Gasteiger partial charge in [-0.15, -0.1) is 0 Å². The number of aryl methyl sites for hydroxylation is 1.